The molecule has 0 spiro atoms. The lowest BCUT2D eigenvalue weighted by Gasteiger charge is -2.19. The Kier molecular flexibility index (Phi) is 4.76. The van der Waals surface area contributed by atoms with E-state index in [1.54, 1.807) is 23.1 Å². The SMILES string of the molecule is CC(C)(C)N/C=C(\C=N)c1nccn2nc(Nc3ccc4c(c3)NC(=O)C4(C)C)nc12. The van der Waals surface area contributed by atoms with Crippen molar-refractivity contribution in [2.75, 3.05) is 10.6 Å². The molecule has 0 unspecified atom stereocenters. The van der Waals surface area contributed by atoms with Crippen LogP contribution < -0.4 is 16.0 Å². The summed E-state index contributed by atoms with van der Waals surface area (Å²) in [5.41, 5.74) is 3.51. The summed E-state index contributed by atoms with van der Waals surface area (Å²) in [6.45, 7) is 9.93. The number of hydrogen-bond donors (Lipinski definition) is 4. The molecule has 0 radical (unpaired) electrons. The van der Waals surface area contributed by atoms with Gasteiger partial charge in [-0.3, -0.25) is 9.78 Å². The summed E-state index contributed by atoms with van der Waals surface area (Å²) in [4.78, 5) is 21.2. The van der Waals surface area contributed by atoms with Crippen LogP contribution in [-0.2, 0) is 10.2 Å². The predicted octanol–water partition coefficient (Wildman–Crippen LogP) is 3.48. The number of allylic oxidation sites excluding steroid dienone is 1. The molecule has 0 atom stereocenters. The summed E-state index contributed by atoms with van der Waals surface area (Å²) >= 11 is 0. The molecule has 1 aromatic carbocycles. The van der Waals surface area contributed by atoms with E-state index >= 15 is 0 Å². The number of fused-ring (bicyclic) bond motifs is 2. The molecule has 0 saturated heterocycles. The zero-order valence-corrected chi connectivity index (χ0v) is 18.2. The van der Waals surface area contributed by atoms with E-state index in [-0.39, 0.29) is 11.4 Å². The van der Waals surface area contributed by atoms with Crippen LogP contribution in [0.4, 0.5) is 17.3 Å². The number of nitrogens with one attached hydrogen (secondary N) is 4. The van der Waals surface area contributed by atoms with E-state index in [1.165, 1.54) is 6.21 Å². The highest BCUT2D eigenvalue weighted by Gasteiger charge is 2.38. The standard InChI is InChI=1S/C22H26N8O/c1-21(2,3)25-12-13(11-23)17-18-28-20(29-30(18)9-8-24-17)26-14-6-7-15-16(10-14)27-19(31)22(15,4)5/h6-12,23,25H,1-5H3,(H,26,29)(H,27,31)/b13-12+,23-11?. The maximum atomic E-state index is 12.2. The van der Waals surface area contributed by atoms with Crippen molar-refractivity contribution in [3.63, 3.8) is 0 Å². The van der Waals surface area contributed by atoms with Crippen LogP contribution >= 0.6 is 0 Å². The highest BCUT2D eigenvalue weighted by Crippen LogP contribution is 2.38. The van der Waals surface area contributed by atoms with E-state index in [2.05, 4.69) is 31.0 Å². The number of hydrogen-bond acceptors (Lipinski definition) is 7. The van der Waals surface area contributed by atoms with Crippen LogP contribution in [0.25, 0.3) is 11.2 Å². The molecule has 1 aliphatic heterocycles. The molecule has 1 aliphatic rings. The highest BCUT2D eigenvalue weighted by atomic mass is 16.2. The lowest BCUT2D eigenvalue weighted by Crippen LogP contribution is -2.31. The van der Waals surface area contributed by atoms with Crippen molar-refractivity contribution in [2.45, 2.75) is 45.6 Å². The van der Waals surface area contributed by atoms with Gasteiger partial charge in [0.25, 0.3) is 0 Å². The van der Waals surface area contributed by atoms with Crippen LogP contribution in [0.1, 0.15) is 45.9 Å². The van der Waals surface area contributed by atoms with Gasteiger partial charge in [0.05, 0.1) is 5.41 Å². The molecular formula is C22H26N8O. The topological polar surface area (TPSA) is 120 Å². The first-order valence-electron chi connectivity index (χ1n) is 10.0. The Morgan fingerprint density at radius 2 is 2.06 bits per heavy atom. The van der Waals surface area contributed by atoms with Crippen LogP contribution in [0.3, 0.4) is 0 Å². The molecule has 9 heteroatoms. The second-order valence-corrected chi connectivity index (χ2v) is 9.08. The molecule has 0 aliphatic carbocycles. The maximum Gasteiger partial charge on any atom is 0.247 e. The van der Waals surface area contributed by atoms with Crippen molar-refractivity contribution < 1.29 is 4.79 Å². The molecule has 160 valence electrons. The third-order valence-corrected chi connectivity index (χ3v) is 5.11. The number of carbonyl (C=O) groups is 1. The Balaban J connectivity index is 1.66. The second kappa shape index (κ2) is 7.19. The van der Waals surface area contributed by atoms with Crippen molar-refractivity contribution in [3.8, 4) is 0 Å². The Bertz CT molecular complexity index is 1220. The molecule has 2 aromatic heterocycles. The summed E-state index contributed by atoms with van der Waals surface area (Å²) in [6, 6.07) is 5.72. The quantitative estimate of drug-likeness (QED) is 0.471. The van der Waals surface area contributed by atoms with Crippen molar-refractivity contribution in [2.24, 2.45) is 0 Å². The fraction of sp³-hybridized carbons (Fsp3) is 0.318. The Morgan fingerprint density at radius 3 is 2.77 bits per heavy atom. The fourth-order valence-electron chi connectivity index (χ4n) is 3.35. The molecule has 31 heavy (non-hydrogen) atoms. The van der Waals surface area contributed by atoms with Gasteiger partial charge in [0.1, 0.15) is 5.69 Å². The summed E-state index contributed by atoms with van der Waals surface area (Å²) in [5, 5.41) is 21.7. The van der Waals surface area contributed by atoms with Gasteiger partial charge in [0.15, 0.2) is 5.65 Å². The number of benzene rings is 1. The summed E-state index contributed by atoms with van der Waals surface area (Å²) in [5.74, 6) is 0.377. The van der Waals surface area contributed by atoms with Gasteiger partial charge < -0.3 is 21.4 Å². The summed E-state index contributed by atoms with van der Waals surface area (Å²) in [7, 11) is 0. The molecule has 3 heterocycles. The average Bonchev–Trinajstić information content (AvgIpc) is 3.19. The maximum absolute atomic E-state index is 12.2. The minimum Gasteiger partial charge on any atom is -0.386 e. The van der Waals surface area contributed by atoms with E-state index in [9.17, 15) is 4.79 Å². The molecule has 3 aromatic rings. The number of nitrogens with zero attached hydrogens (tertiary/aromatic N) is 4. The Hall–Kier alpha value is -3.75. The van der Waals surface area contributed by atoms with Crippen molar-refractivity contribution >= 4 is 40.7 Å². The lowest BCUT2D eigenvalue weighted by atomic mass is 9.86. The van der Waals surface area contributed by atoms with E-state index < -0.39 is 5.41 Å². The largest absolute Gasteiger partial charge is 0.386 e. The number of amides is 1. The van der Waals surface area contributed by atoms with E-state index in [0.717, 1.165) is 16.9 Å². The second-order valence-electron chi connectivity index (χ2n) is 9.08. The molecule has 0 saturated carbocycles. The highest BCUT2D eigenvalue weighted by molar-refractivity contribution is 6.09. The summed E-state index contributed by atoms with van der Waals surface area (Å²) < 4.78 is 1.62. The van der Waals surface area contributed by atoms with E-state index in [4.69, 9.17) is 5.41 Å². The Labute approximate surface area is 180 Å². The number of rotatable bonds is 5. The minimum atomic E-state index is -0.549. The van der Waals surface area contributed by atoms with Gasteiger partial charge in [-0.2, -0.15) is 4.98 Å². The molecule has 1 amide bonds. The van der Waals surface area contributed by atoms with Crippen LogP contribution in [0, 0.1) is 5.41 Å². The normalized spacial score (nSPS) is 15.5. The zero-order valence-electron chi connectivity index (χ0n) is 18.2. The molecule has 4 rings (SSSR count). The van der Waals surface area contributed by atoms with Crippen LogP contribution in [0.2, 0.25) is 0 Å². The van der Waals surface area contributed by atoms with Crippen molar-refractivity contribution in [3.05, 3.63) is 48.1 Å². The van der Waals surface area contributed by atoms with E-state index in [0.29, 0.717) is 22.9 Å². The first kappa shape index (κ1) is 20.5. The van der Waals surface area contributed by atoms with Gasteiger partial charge in [0, 0.05) is 47.3 Å². The number of anilines is 3. The van der Waals surface area contributed by atoms with Gasteiger partial charge in [-0.25, -0.2) is 4.52 Å². The van der Waals surface area contributed by atoms with Crippen LogP contribution in [0.5, 0.6) is 0 Å². The monoisotopic (exact) mass is 418 g/mol. The molecule has 4 N–H and O–H groups in total. The third-order valence-electron chi connectivity index (χ3n) is 5.11. The smallest absolute Gasteiger partial charge is 0.247 e. The van der Waals surface area contributed by atoms with Crippen molar-refractivity contribution in [1.82, 2.24) is 24.9 Å². The van der Waals surface area contributed by atoms with Gasteiger partial charge in [-0.15, -0.1) is 5.10 Å². The third kappa shape index (κ3) is 3.86. The lowest BCUT2D eigenvalue weighted by molar-refractivity contribution is -0.119. The van der Waals surface area contributed by atoms with Gasteiger partial charge in [0.2, 0.25) is 11.9 Å². The average molecular weight is 419 g/mol. The molecule has 0 fully saturated rings. The molecule has 0 bridgehead atoms. The first-order chi connectivity index (χ1) is 14.6. The van der Waals surface area contributed by atoms with E-state index in [1.807, 2.05) is 52.8 Å². The minimum absolute atomic E-state index is 0.0175. The van der Waals surface area contributed by atoms with Gasteiger partial charge in [-0.05, 0) is 52.3 Å². The predicted molar refractivity (Wildman–Crippen MR) is 122 cm³/mol. The van der Waals surface area contributed by atoms with Gasteiger partial charge in [-0.1, -0.05) is 6.07 Å². The fourth-order valence-corrected chi connectivity index (χ4v) is 3.35. The van der Waals surface area contributed by atoms with Crippen LogP contribution in [-0.4, -0.2) is 37.2 Å². The van der Waals surface area contributed by atoms with Crippen molar-refractivity contribution in [1.29, 1.82) is 5.41 Å². The number of aromatic nitrogens is 4. The number of carbonyl (C=O) groups excluding carboxylic acids is 1. The zero-order chi connectivity index (χ0) is 22.4. The molecule has 9 nitrogen and oxygen atoms in total. The molecular weight excluding hydrogens is 392 g/mol. The Morgan fingerprint density at radius 1 is 1.29 bits per heavy atom. The first-order valence-corrected chi connectivity index (χ1v) is 10.0. The van der Waals surface area contributed by atoms with Crippen LogP contribution in [0.15, 0.2) is 36.8 Å². The van der Waals surface area contributed by atoms with Gasteiger partial charge >= 0.3 is 0 Å². The summed E-state index contributed by atoms with van der Waals surface area (Å²) in [6.07, 6.45) is 6.35.